The Morgan fingerprint density at radius 3 is 2.91 bits per heavy atom. The van der Waals surface area contributed by atoms with Gasteiger partial charge in [-0.05, 0) is 37.3 Å². The summed E-state index contributed by atoms with van der Waals surface area (Å²) in [6.07, 6.45) is 5.49. The fourth-order valence-electron chi connectivity index (χ4n) is 3.26. The first kappa shape index (κ1) is 14.8. The van der Waals surface area contributed by atoms with Crippen LogP contribution in [0.5, 0.6) is 0 Å². The van der Waals surface area contributed by atoms with Crippen LogP contribution in [0.4, 0.5) is 0 Å². The molecule has 2 heterocycles. The highest BCUT2D eigenvalue weighted by Crippen LogP contribution is 2.27. The quantitative estimate of drug-likeness (QED) is 0.943. The van der Waals surface area contributed by atoms with Crippen molar-refractivity contribution in [3.8, 4) is 0 Å². The molecule has 1 saturated heterocycles. The smallest absolute Gasteiger partial charge is 0.222 e. The minimum Gasteiger partial charge on any atom is -0.342 e. The van der Waals surface area contributed by atoms with Crippen LogP contribution in [0.15, 0.2) is 36.5 Å². The van der Waals surface area contributed by atoms with E-state index < -0.39 is 0 Å². The van der Waals surface area contributed by atoms with Crippen LogP contribution in [0.1, 0.15) is 42.0 Å². The lowest BCUT2D eigenvalue weighted by Gasteiger charge is -2.32. The molecular formula is C18H23N3O. The zero-order chi connectivity index (χ0) is 15.4. The largest absolute Gasteiger partial charge is 0.342 e. The molecule has 4 heteroatoms. The number of rotatable bonds is 4. The standard InChI is InChI=1S/C18H23N3O/c1-14-12-19-20-18(14)16-8-5-11-21(13-16)17(22)10-9-15-6-3-2-4-7-15/h2-4,6-7,12,16H,5,8-11,13H2,1H3,(H,19,20)/t16-/m0/s1. The highest BCUT2D eigenvalue weighted by Gasteiger charge is 2.26. The van der Waals surface area contributed by atoms with E-state index in [4.69, 9.17) is 0 Å². The van der Waals surface area contributed by atoms with Crippen LogP contribution in [0.3, 0.4) is 0 Å². The Hall–Kier alpha value is -2.10. The summed E-state index contributed by atoms with van der Waals surface area (Å²) in [5.74, 6) is 0.669. The maximum atomic E-state index is 12.5. The van der Waals surface area contributed by atoms with Crippen molar-refractivity contribution in [2.45, 2.75) is 38.5 Å². The van der Waals surface area contributed by atoms with E-state index in [0.29, 0.717) is 12.3 Å². The molecule has 0 spiro atoms. The number of aromatic nitrogens is 2. The number of hydrogen-bond acceptors (Lipinski definition) is 2. The SMILES string of the molecule is Cc1cn[nH]c1[C@H]1CCCN(C(=O)CCc2ccccc2)C1. The van der Waals surface area contributed by atoms with Crippen LogP contribution in [0, 0.1) is 6.92 Å². The van der Waals surface area contributed by atoms with E-state index >= 15 is 0 Å². The first-order chi connectivity index (χ1) is 10.7. The van der Waals surface area contributed by atoms with E-state index in [0.717, 1.165) is 32.4 Å². The van der Waals surface area contributed by atoms with Gasteiger partial charge in [0.1, 0.15) is 0 Å². The van der Waals surface area contributed by atoms with Gasteiger partial charge < -0.3 is 4.90 Å². The molecule has 1 fully saturated rings. The van der Waals surface area contributed by atoms with Gasteiger partial charge in [0, 0.05) is 31.1 Å². The summed E-state index contributed by atoms with van der Waals surface area (Å²) in [4.78, 5) is 14.5. The number of nitrogens with zero attached hydrogens (tertiary/aromatic N) is 2. The summed E-state index contributed by atoms with van der Waals surface area (Å²) < 4.78 is 0. The number of nitrogens with one attached hydrogen (secondary N) is 1. The molecule has 1 atom stereocenters. The lowest BCUT2D eigenvalue weighted by molar-refractivity contribution is -0.132. The minimum atomic E-state index is 0.269. The predicted octanol–water partition coefficient (Wildman–Crippen LogP) is 3.06. The third-order valence-electron chi connectivity index (χ3n) is 4.52. The van der Waals surface area contributed by atoms with Crippen LogP contribution in [0.2, 0.25) is 0 Å². The predicted molar refractivity (Wildman–Crippen MR) is 86.6 cm³/mol. The van der Waals surface area contributed by atoms with E-state index in [-0.39, 0.29) is 5.91 Å². The van der Waals surface area contributed by atoms with Gasteiger partial charge >= 0.3 is 0 Å². The summed E-state index contributed by atoms with van der Waals surface area (Å²) >= 11 is 0. The molecule has 0 aliphatic carbocycles. The summed E-state index contributed by atoms with van der Waals surface area (Å²) in [6, 6.07) is 10.2. The second-order valence-corrected chi connectivity index (χ2v) is 6.13. The van der Waals surface area contributed by atoms with Gasteiger partial charge in [-0.3, -0.25) is 9.89 Å². The molecule has 1 aliphatic rings. The maximum Gasteiger partial charge on any atom is 0.222 e. The Balaban J connectivity index is 1.57. The highest BCUT2D eigenvalue weighted by atomic mass is 16.2. The number of H-pyrrole nitrogens is 1. The Morgan fingerprint density at radius 2 is 2.18 bits per heavy atom. The van der Waals surface area contributed by atoms with Gasteiger partial charge in [-0.15, -0.1) is 0 Å². The molecule has 22 heavy (non-hydrogen) atoms. The van der Waals surface area contributed by atoms with Gasteiger partial charge in [0.05, 0.1) is 6.20 Å². The summed E-state index contributed by atoms with van der Waals surface area (Å²) in [6.45, 7) is 3.78. The first-order valence-electron chi connectivity index (χ1n) is 8.05. The van der Waals surface area contributed by atoms with Crippen LogP contribution in [-0.2, 0) is 11.2 Å². The maximum absolute atomic E-state index is 12.5. The summed E-state index contributed by atoms with van der Waals surface area (Å²) in [5, 5.41) is 7.22. The van der Waals surface area contributed by atoms with Gasteiger partial charge in [-0.2, -0.15) is 5.10 Å². The number of carbonyl (C=O) groups excluding carboxylic acids is 1. The Morgan fingerprint density at radius 1 is 1.36 bits per heavy atom. The zero-order valence-corrected chi connectivity index (χ0v) is 13.1. The molecule has 0 radical (unpaired) electrons. The number of aryl methyl sites for hydroxylation is 2. The van der Waals surface area contributed by atoms with Crippen molar-refractivity contribution in [1.29, 1.82) is 0 Å². The third kappa shape index (κ3) is 3.38. The van der Waals surface area contributed by atoms with Crippen molar-refractivity contribution in [2.75, 3.05) is 13.1 Å². The summed E-state index contributed by atoms with van der Waals surface area (Å²) in [7, 11) is 0. The van der Waals surface area contributed by atoms with Crippen molar-refractivity contribution in [1.82, 2.24) is 15.1 Å². The molecule has 4 nitrogen and oxygen atoms in total. The monoisotopic (exact) mass is 297 g/mol. The molecule has 1 aliphatic heterocycles. The fraction of sp³-hybridized carbons (Fsp3) is 0.444. The van der Waals surface area contributed by atoms with Crippen molar-refractivity contribution in [2.24, 2.45) is 0 Å². The van der Waals surface area contributed by atoms with E-state index in [1.54, 1.807) is 0 Å². The van der Waals surface area contributed by atoms with E-state index in [2.05, 4.69) is 29.3 Å². The molecule has 0 saturated carbocycles. The number of likely N-dealkylation sites (tertiary alicyclic amines) is 1. The normalized spacial score (nSPS) is 18.4. The second kappa shape index (κ2) is 6.77. The lowest BCUT2D eigenvalue weighted by atomic mass is 9.92. The molecule has 2 aromatic rings. The topological polar surface area (TPSA) is 49.0 Å². The molecule has 1 amide bonds. The number of hydrogen-bond donors (Lipinski definition) is 1. The minimum absolute atomic E-state index is 0.269. The average Bonchev–Trinajstić information content (AvgIpc) is 3.00. The molecule has 0 bridgehead atoms. The van der Waals surface area contributed by atoms with Gasteiger partial charge in [0.2, 0.25) is 5.91 Å². The molecule has 1 aromatic heterocycles. The second-order valence-electron chi connectivity index (χ2n) is 6.13. The molecule has 3 rings (SSSR count). The van der Waals surface area contributed by atoms with Crippen LogP contribution < -0.4 is 0 Å². The van der Waals surface area contributed by atoms with Crippen molar-refractivity contribution >= 4 is 5.91 Å². The number of amides is 1. The molecule has 1 N–H and O–H groups in total. The van der Waals surface area contributed by atoms with Crippen molar-refractivity contribution in [3.63, 3.8) is 0 Å². The fourth-order valence-corrected chi connectivity index (χ4v) is 3.26. The Labute approximate surface area is 131 Å². The number of benzene rings is 1. The van der Waals surface area contributed by atoms with E-state index in [1.807, 2.05) is 29.3 Å². The highest BCUT2D eigenvalue weighted by molar-refractivity contribution is 5.76. The van der Waals surface area contributed by atoms with Gasteiger partial charge in [-0.25, -0.2) is 0 Å². The first-order valence-corrected chi connectivity index (χ1v) is 8.05. The van der Waals surface area contributed by atoms with Crippen LogP contribution >= 0.6 is 0 Å². The van der Waals surface area contributed by atoms with E-state index in [9.17, 15) is 4.79 Å². The molecule has 1 aromatic carbocycles. The van der Waals surface area contributed by atoms with Crippen molar-refractivity contribution in [3.05, 3.63) is 53.3 Å². The lowest BCUT2D eigenvalue weighted by Crippen LogP contribution is -2.39. The number of aromatic amines is 1. The number of piperidine rings is 1. The molecular weight excluding hydrogens is 274 g/mol. The zero-order valence-electron chi connectivity index (χ0n) is 13.1. The Kier molecular flexibility index (Phi) is 4.56. The summed E-state index contributed by atoms with van der Waals surface area (Å²) in [5.41, 5.74) is 3.62. The van der Waals surface area contributed by atoms with Crippen LogP contribution in [-0.4, -0.2) is 34.1 Å². The molecule has 116 valence electrons. The van der Waals surface area contributed by atoms with Gasteiger partial charge in [0.15, 0.2) is 0 Å². The Bertz CT molecular complexity index is 620. The van der Waals surface area contributed by atoms with Gasteiger partial charge in [0.25, 0.3) is 0 Å². The average molecular weight is 297 g/mol. The molecule has 0 unspecified atom stereocenters. The third-order valence-corrected chi connectivity index (χ3v) is 4.52. The van der Waals surface area contributed by atoms with Crippen LogP contribution in [0.25, 0.3) is 0 Å². The van der Waals surface area contributed by atoms with E-state index in [1.165, 1.54) is 16.8 Å². The van der Waals surface area contributed by atoms with Gasteiger partial charge in [-0.1, -0.05) is 30.3 Å². The van der Waals surface area contributed by atoms with Crippen molar-refractivity contribution < 1.29 is 4.79 Å². The number of carbonyl (C=O) groups is 1.